The SMILES string of the molecule is CCC(Oc1cc(I)ccc1Cl)C(=O)OC. The molecule has 5 heteroatoms. The number of methoxy groups -OCH3 is 1. The maximum Gasteiger partial charge on any atom is 0.347 e. The Morgan fingerprint density at radius 2 is 2.25 bits per heavy atom. The molecule has 0 radical (unpaired) electrons. The van der Waals surface area contributed by atoms with Crippen molar-refractivity contribution in [1.29, 1.82) is 0 Å². The van der Waals surface area contributed by atoms with Crippen LogP contribution in [0.15, 0.2) is 18.2 Å². The second-order valence-corrected chi connectivity index (χ2v) is 4.77. The van der Waals surface area contributed by atoms with Crippen molar-refractivity contribution < 1.29 is 14.3 Å². The van der Waals surface area contributed by atoms with Crippen LogP contribution in [0.1, 0.15) is 13.3 Å². The predicted octanol–water partition coefficient (Wildman–Crippen LogP) is 3.28. The molecule has 88 valence electrons. The first-order chi connectivity index (χ1) is 7.58. The summed E-state index contributed by atoms with van der Waals surface area (Å²) in [5.74, 6) is 0.114. The molecule has 0 aliphatic heterocycles. The van der Waals surface area contributed by atoms with Crippen molar-refractivity contribution in [2.45, 2.75) is 19.4 Å². The predicted molar refractivity (Wildman–Crippen MR) is 70.9 cm³/mol. The fraction of sp³-hybridized carbons (Fsp3) is 0.364. The molecular formula is C11H12ClIO3. The lowest BCUT2D eigenvalue weighted by Crippen LogP contribution is -2.27. The lowest BCUT2D eigenvalue weighted by Gasteiger charge is -2.16. The third-order valence-corrected chi connectivity index (χ3v) is 2.98. The van der Waals surface area contributed by atoms with Crippen LogP contribution < -0.4 is 4.74 Å². The number of halogens is 2. The number of carbonyl (C=O) groups is 1. The highest BCUT2D eigenvalue weighted by molar-refractivity contribution is 14.1. The van der Waals surface area contributed by atoms with Crippen LogP contribution in [0.3, 0.4) is 0 Å². The monoisotopic (exact) mass is 354 g/mol. The van der Waals surface area contributed by atoms with Gasteiger partial charge >= 0.3 is 5.97 Å². The zero-order chi connectivity index (χ0) is 12.1. The molecule has 16 heavy (non-hydrogen) atoms. The average Bonchev–Trinajstić information content (AvgIpc) is 2.29. The van der Waals surface area contributed by atoms with Gasteiger partial charge in [0.15, 0.2) is 6.10 Å². The van der Waals surface area contributed by atoms with Crippen molar-refractivity contribution in [3.63, 3.8) is 0 Å². The van der Waals surface area contributed by atoms with Gasteiger partial charge in [-0.2, -0.15) is 0 Å². The number of ether oxygens (including phenoxy) is 2. The summed E-state index contributed by atoms with van der Waals surface area (Å²) < 4.78 is 11.2. The number of rotatable bonds is 4. The van der Waals surface area contributed by atoms with E-state index in [9.17, 15) is 4.79 Å². The zero-order valence-corrected chi connectivity index (χ0v) is 11.9. The Hall–Kier alpha value is -0.490. The highest BCUT2D eigenvalue weighted by Crippen LogP contribution is 2.27. The van der Waals surface area contributed by atoms with Crippen molar-refractivity contribution in [2.75, 3.05) is 7.11 Å². The van der Waals surface area contributed by atoms with Crippen LogP contribution in [-0.4, -0.2) is 19.2 Å². The van der Waals surface area contributed by atoms with Gasteiger partial charge in [0, 0.05) is 3.57 Å². The van der Waals surface area contributed by atoms with Crippen molar-refractivity contribution in [1.82, 2.24) is 0 Å². The first-order valence-electron chi connectivity index (χ1n) is 4.78. The van der Waals surface area contributed by atoms with Gasteiger partial charge in [0.1, 0.15) is 5.75 Å². The minimum Gasteiger partial charge on any atom is -0.477 e. The van der Waals surface area contributed by atoms with Crippen molar-refractivity contribution in [2.24, 2.45) is 0 Å². The molecule has 0 spiro atoms. The smallest absolute Gasteiger partial charge is 0.347 e. The number of esters is 1. The molecule has 0 saturated carbocycles. The summed E-state index contributed by atoms with van der Waals surface area (Å²) in [6, 6.07) is 5.39. The van der Waals surface area contributed by atoms with Crippen LogP contribution in [0, 0.1) is 3.57 Å². The third kappa shape index (κ3) is 3.52. The Morgan fingerprint density at radius 1 is 1.56 bits per heavy atom. The second kappa shape index (κ2) is 6.30. The van der Waals surface area contributed by atoms with Crippen LogP contribution in [0.25, 0.3) is 0 Å². The molecular weight excluding hydrogens is 342 g/mol. The Labute approximate surface area is 113 Å². The minimum absolute atomic E-state index is 0.391. The summed E-state index contributed by atoms with van der Waals surface area (Å²) >= 11 is 8.12. The fourth-order valence-electron chi connectivity index (χ4n) is 1.15. The molecule has 0 aliphatic carbocycles. The minimum atomic E-state index is -0.610. The molecule has 0 saturated heterocycles. The van der Waals surface area contributed by atoms with E-state index in [1.165, 1.54) is 7.11 Å². The molecule has 1 atom stereocenters. The van der Waals surface area contributed by atoms with Crippen LogP contribution in [0.4, 0.5) is 0 Å². The molecule has 1 aromatic carbocycles. The molecule has 1 rings (SSSR count). The van der Waals surface area contributed by atoms with Gasteiger partial charge < -0.3 is 9.47 Å². The second-order valence-electron chi connectivity index (χ2n) is 3.11. The quantitative estimate of drug-likeness (QED) is 0.615. The largest absolute Gasteiger partial charge is 0.477 e. The molecule has 1 unspecified atom stereocenters. The van der Waals surface area contributed by atoms with E-state index < -0.39 is 12.1 Å². The first kappa shape index (κ1) is 13.6. The molecule has 1 aromatic rings. The Morgan fingerprint density at radius 3 is 2.81 bits per heavy atom. The molecule has 0 N–H and O–H groups in total. The summed E-state index contributed by atoms with van der Waals surface area (Å²) in [6.45, 7) is 1.85. The molecule has 0 heterocycles. The molecule has 0 aromatic heterocycles. The first-order valence-corrected chi connectivity index (χ1v) is 6.23. The van der Waals surface area contributed by atoms with E-state index in [4.69, 9.17) is 16.3 Å². The van der Waals surface area contributed by atoms with Crippen molar-refractivity contribution >= 4 is 40.2 Å². The number of carbonyl (C=O) groups excluding carboxylic acids is 1. The van der Waals surface area contributed by atoms with Gasteiger partial charge in [-0.3, -0.25) is 0 Å². The van der Waals surface area contributed by atoms with E-state index >= 15 is 0 Å². The Kier molecular flexibility index (Phi) is 5.34. The summed E-state index contributed by atoms with van der Waals surface area (Å²) in [6.07, 6.45) is -0.0743. The standard InChI is InChI=1S/C11H12ClIO3/c1-3-9(11(14)15-2)16-10-6-7(13)4-5-8(10)12/h4-6,9H,3H2,1-2H3. The highest BCUT2D eigenvalue weighted by atomic mass is 127. The third-order valence-electron chi connectivity index (χ3n) is 2.00. The van der Waals surface area contributed by atoms with Crippen LogP contribution in [-0.2, 0) is 9.53 Å². The summed E-state index contributed by atoms with van der Waals surface area (Å²) in [5.41, 5.74) is 0. The van der Waals surface area contributed by atoms with Gasteiger partial charge in [-0.25, -0.2) is 4.79 Å². The van der Waals surface area contributed by atoms with Gasteiger partial charge in [-0.1, -0.05) is 18.5 Å². The van der Waals surface area contributed by atoms with E-state index in [0.717, 1.165) is 3.57 Å². The number of hydrogen-bond acceptors (Lipinski definition) is 3. The van der Waals surface area contributed by atoms with Gasteiger partial charge in [-0.05, 0) is 47.2 Å². The average molecular weight is 355 g/mol. The Bertz CT molecular complexity index is 381. The number of hydrogen-bond donors (Lipinski definition) is 0. The van der Waals surface area contributed by atoms with E-state index in [1.807, 2.05) is 13.0 Å². The van der Waals surface area contributed by atoms with Crippen molar-refractivity contribution in [3.05, 3.63) is 26.8 Å². The van der Waals surface area contributed by atoms with E-state index in [0.29, 0.717) is 17.2 Å². The lowest BCUT2D eigenvalue weighted by molar-refractivity contribution is -0.148. The molecule has 0 amide bonds. The Balaban J connectivity index is 2.85. The highest BCUT2D eigenvalue weighted by Gasteiger charge is 2.19. The van der Waals surface area contributed by atoms with Gasteiger partial charge in [0.25, 0.3) is 0 Å². The van der Waals surface area contributed by atoms with Gasteiger partial charge in [0.2, 0.25) is 0 Å². The normalized spacial score (nSPS) is 12.0. The van der Waals surface area contributed by atoms with Crippen LogP contribution >= 0.6 is 34.2 Å². The van der Waals surface area contributed by atoms with E-state index in [-0.39, 0.29) is 0 Å². The zero-order valence-electron chi connectivity index (χ0n) is 9.00. The summed E-state index contributed by atoms with van der Waals surface area (Å²) in [4.78, 5) is 11.4. The maximum atomic E-state index is 11.4. The van der Waals surface area contributed by atoms with E-state index in [1.54, 1.807) is 12.1 Å². The molecule has 0 aliphatic rings. The fourth-order valence-corrected chi connectivity index (χ4v) is 1.78. The molecule has 3 nitrogen and oxygen atoms in total. The van der Waals surface area contributed by atoms with Gasteiger partial charge in [-0.15, -0.1) is 0 Å². The van der Waals surface area contributed by atoms with Crippen LogP contribution in [0.2, 0.25) is 5.02 Å². The topological polar surface area (TPSA) is 35.5 Å². The van der Waals surface area contributed by atoms with Crippen molar-refractivity contribution in [3.8, 4) is 5.75 Å². The molecule has 0 bridgehead atoms. The van der Waals surface area contributed by atoms with Crippen LogP contribution in [0.5, 0.6) is 5.75 Å². The lowest BCUT2D eigenvalue weighted by atomic mass is 10.2. The molecule has 0 fully saturated rings. The maximum absolute atomic E-state index is 11.4. The van der Waals surface area contributed by atoms with Gasteiger partial charge in [0.05, 0.1) is 12.1 Å². The summed E-state index contributed by atoms with van der Waals surface area (Å²) in [5, 5.41) is 0.489. The number of benzene rings is 1. The summed E-state index contributed by atoms with van der Waals surface area (Å²) in [7, 11) is 1.34. The van der Waals surface area contributed by atoms with E-state index in [2.05, 4.69) is 27.3 Å².